The van der Waals surface area contributed by atoms with Crippen LogP contribution < -0.4 is 0 Å². The molecule has 6 nitrogen and oxygen atoms in total. The number of hydrogen-bond acceptors (Lipinski definition) is 3. The largest absolute Gasteiger partial charge is 0.481 e. The molecule has 2 aromatic carbocycles. The highest BCUT2D eigenvalue weighted by Crippen LogP contribution is 2.51. The molecule has 6 heteroatoms. The Hall–Kier alpha value is -3.15. The van der Waals surface area contributed by atoms with Gasteiger partial charge in [0.25, 0.3) is 5.91 Å². The highest BCUT2D eigenvalue weighted by molar-refractivity contribution is 6.01. The number of carboxylic acid groups (broad SMARTS) is 1. The summed E-state index contributed by atoms with van der Waals surface area (Å²) in [6, 6.07) is 17.4. The summed E-state index contributed by atoms with van der Waals surface area (Å²) in [5.74, 6) is -2.28. The highest BCUT2D eigenvalue weighted by atomic mass is 16.4. The zero-order chi connectivity index (χ0) is 21.3. The molecule has 0 aliphatic carbocycles. The van der Waals surface area contributed by atoms with Crippen molar-refractivity contribution in [2.24, 2.45) is 5.92 Å². The molecule has 2 fully saturated rings. The second kappa shape index (κ2) is 7.94. The van der Waals surface area contributed by atoms with Gasteiger partial charge in [-0.3, -0.25) is 14.4 Å². The average molecular weight is 406 g/mol. The van der Waals surface area contributed by atoms with Gasteiger partial charge in [-0.15, -0.1) is 0 Å². The quantitative estimate of drug-likeness (QED) is 0.848. The minimum absolute atomic E-state index is 0.129. The van der Waals surface area contributed by atoms with Crippen LogP contribution in [0.1, 0.15) is 47.6 Å². The first kappa shape index (κ1) is 20.1. The van der Waals surface area contributed by atoms with Crippen molar-refractivity contribution in [1.29, 1.82) is 0 Å². The molecule has 2 heterocycles. The van der Waals surface area contributed by atoms with Gasteiger partial charge in [0.2, 0.25) is 5.91 Å². The Morgan fingerprint density at radius 1 is 1.00 bits per heavy atom. The fourth-order valence-electron chi connectivity index (χ4n) is 5.06. The molecule has 2 amide bonds. The smallest absolute Gasteiger partial charge is 0.309 e. The molecule has 0 radical (unpaired) electrons. The van der Waals surface area contributed by atoms with Crippen LogP contribution in [0, 0.1) is 5.92 Å². The summed E-state index contributed by atoms with van der Waals surface area (Å²) in [7, 11) is 1.74. The zero-order valence-electron chi connectivity index (χ0n) is 17.0. The number of rotatable bonds is 3. The monoisotopic (exact) mass is 406 g/mol. The van der Waals surface area contributed by atoms with Crippen LogP contribution >= 0.6 is 0 Å². The van der Waals surface area contributed by atoms with Gasteiger partial charge in [-0.2, -0.15) is 0 Å². The van der Waals surface area contributed by atoms with Gasteiger partial charge < -0.3 is 14.9 Å². The van der Waals surface area contributed by atoms with Crippen molar-refractivity contribution in [2.45, 2.75) is 37.3 Å². The Morgan fingerprint density at radius 2 is 1.63 bits per heavy atom. The Labute approximate surface area is 176 Å². The first-order valence-electron chi connectivity index (χ1n) is 10.4. The Balaban J connectivity index is 1.91. The van der Waals surface area contributed by atoms with E-state index in [0.717, 1.165) is 18.4 Å². The molecule has 2 aromatic rings. The molecule has 156 valence electrons. The molecule has 0 bridgehead atoms. The summed E-state index contributed by atoms with van der Waals surface area (Å²) in [6.45, 7) is 0.613. The van der Waals surface area contributed by atoms with E-state index in [0.29, 0.717) is 18.5 Å². The fraction of sp³-hybridized carbons (Fsp3) is 0.375. The number of carbonyl (C=O) groups excluding carboxylic acids is 2. The molecular formula is C24H26N2O4. The van der Waals surface area contributed by atoms with E-state index in [4.69, 9.17) is 0 Å². The van der Waals surface area contributed by atoms with E-state index >= 15 is 0 Å². The number of carboxylic acids is 1. The standard InChI is InChI=1S/C24H26N2O4/c1-25-15-9-8-14-24(23(25)30)16-19(22(28)29)20(17-10-4-2-5-11-17)26(24)21(27)18-12-6-3-7-13-18/h2-7,10-13,19-20H,8-9,14-16H2,1H3,(H,28,29)/t19-,20-,24-/m0/s1. The number of benzene rings is 2. The number of aliphatic carboxylic acids is 1. The second-order valence-electron chi connectivity index (χ2n) is 8.26. The predicted molar refractivity (Wildman–Crippen MR) is 112 cm³/mol. The summed E-state index contributed by atoms with van der Waals surface area (Å²) >= 11 is 0. The van der Waals surface area contributed by atoms with Crippen molar-refractivity contribution in [2.75, 3.05) is 13.6 Å². The van der Waals surface area contributed by atoms with Crippen molar-refractivity contribution in [3.8, 4) is 0 Å². The third-order valence-corrected chi connectivity index (χ3v) is 6.45. The number of nitrogens with zero attached hydrogens (tertiary/aromatic N) is 2. The summed E-state index contributed by atoms with van der Waals surface area (Å²) in [5.41, 5.74) is 0.0520. The van der Waals surface area contributed by atoms with Gasteiger partial charge >= 0.3 is 5.97 Å². The number of carbonyl (C=O) groups is 3. The molecular weight excluding hydrogens is 380 g/mol. The number of hydrogen-bond donors (Lipinski definition) is 1. The van der Waals surface area contributed by atoms with Gasteiger partial charge in [-0.1, -0.05) is 48.5 Å². The number of likely N-dealkylation sites (N-methyl/N-ethyl adjacent to an activating group) is 1. The summed E-state index contributed by atoms with van der Waals surface area (Å²) in [6.07, 6.45) is 2.21. The lowest BCUT2D eigenvalue weighted by molar-refractivity contribution is -0.142. The molecule has 4 rings (SSSR count). The van der Waals surface area contributed by atoms with Crippen LogP contribution in [-0.4, -0.2) is 51.8 Å². The van der Waals surface area contributed by atoms with Crippen LogP contribution in [0.2, 0.25) is 0 Å². The molecule has 0 saturated carbocycles. The minimum atomic E-state index is -1.15. The van der Waals surface area contributed by atoms with Crippen molar-refractivity contribution in [3.05, 3.63) is 71.8 Å². The maximum absolute atomic E-state index is 13.8. The molecule has 1 spiro atoms. The zero-order valence-corrected chi connectivity index (χ0v) is 17.0. The molecule has 2 aliphatic rings. The van der Waals surface area contributed by atoms with Crippen LogP contribution in [0.5, 0.6) is 0 Å². The van der Waals surface area contributed by atoms with Crippen LogP contribution in [0.4, 0.5) is 0 Å². The van der Waals surface area contributed by atoms with E-state index in [-0.39, 0.29) is 18.2 Å². The topological polar surface area (TPSA) is 77.9 Å². The van der Waals surface area contributed by atoms with Crippen molar-refractivity contribution in [1.82, 2.24) is 9.80 Å². The lowest BCUT2D eigenvalue weighted by Crippen LogP contribution is -2.57. The predicted octanol–water partition coefficient (Wildman–Crippen LogP) is 3.36. The molecule has 0 unspecified atom stereocenters. The van der Waals surface area contributed by atoms with Crippen LogP contribution in [0.3, 0.4) is 0 Å². The van der Waals surface area contributed by atoms with Gasteiger partial charge in [0.05, 0.1) is 12.0 Å². The van der Waals surface area contributed by atoms with E-state index < -0.39 is 23.5 Å². The maximum atomic E-state index is 13.8. The maximum Gasteiger partial charge on any atom is 0.309 e. The van der Waals surface area contributed by atoms with E-state index in [9.17, 15) is 19.5 Å². The third kappa shape index (κ3) is 3.26. The van der Waals surface area contributed by atoms with Crippen LogP contribution in [-0.2, 0) is 9.59 Å². The normalized spacial score (nSPS) is 26.6. The van der Waals surface area contributed by atoms with E-state index in [1.165, 1.54) is 0 Å². The van der Waals surface area contributed by atoms with Gasteiger partial charge in [-0.05, 0) is 43.4 Å². The van der Waals surface area contributed by atoms with E-state index in [1.807, 2.05) is 36.4 Å². The van der Waals surface area contributed by atoms with E-state index in [2.05, 4.69) is 0 Å². The van der Waals surface area contributed by atoms with Crippen LogP contribution in [0.25, 0.3) is 0 Å². The molecule has 2 aliphatic heterocycles. The summed E-state index contributed by atoms with van der Waals surface area (Å²) in [5, 5.41) is 10.1. The van der Waals surface area contributed by atoms with Gasteiger partial charge in [0.1, 0.15) is 5.54 Å². The van der Waals surface area contributed by atoms with Crippen molar-refractivity contribution < 1.29 is 19.5 Å². The third-order valence-electron chi connectivity index (χ3n) is 6.45. The summed E-state index contributed by atoms with van der Waals surface area (Å²) < 4.78 is 0. The highest BCUT2D eigenvalue weighted by Gasteiger charge is 2.61. The van der Waals surface area contributed by atoms with Crippen molar-refractivity contribution in [3.63, 3.8) is 0 Å². The van der Waals surface area contributed by atoms with Gasteiger partial charge in [0, 0.05) is 19.2 Å². The minimum Gasteiger partial charge on any atom is -0.481 e. The molecule has 3 atom stereocenters. The Morgan fingerprint density at radius 3 is 2.27 bits per heavy atom. The number of likely N-dealkylation sites (tertiary alicyclic amines) is 2. The van der Waals surface area contributed by atoms with Gasteiger partial charge in [0.15, 0.2) is 0 Å². The second-order valence-corrected chi connectivity index (χ2v) is 8.26. The Kier molecular flexibility index (Phi) is 5.33. The van der Waals surface area contributed by atoms with Crippen LogP contribution in [0.15, 0.2) is 60.7 Å². The van der Waals surface area contributed by atoms with Gasteiger partial charge in [-0.25, -0.2) is 0 Å². The first-order valence-corrected chi connectivity index (χ1v) is 10.4. The lowest BCUT2D eigenvalue weighted by atomic mass is 9.85. The SMILES string of the molecule is CN1CCCC[C@]2(C[C@H](C(=O)O)[C@H](c3ccccc3)N2C(=O)c2ccccc2)C1=O. The number of amides is 2. The van der Waals surface area contributed by atoms with Crippen molar-refractivity contribution >= 4 is 17.8 Å². The molecule has 2 saturated heterocycles. The summed E-state index contributed by atoms with van der Waals surface area (Å²) in [4.78, 5) is 43.0. The first-order chi connectivity index (χ1) is 14.5. The fourth-order valence-corrected chi connectivity index (χ4v) is 5.06. The molecule has 1 N–H and O–H groups in total. The van der Waals surface area contributed by atoms with E-state index in [1.54, 1.807) is 41.1 Å². The Bertz CT molecular complexity index is 946. The lowest BCUT2D eigenvalue weighted by Gasteiger charge is -2.41. The molecule has 0 aromatic heterocycles. The average Bonchev–Trinajstić information content (AvgIpc) is 3.06. The molecule has 30 heavy (non-hydrogen) atoms.